The van der Waals surface area contributed by atoms with Crippen molar-refractivity contribution in [2.75, 3.05) is 11.9 Å². The standard InChI is InChI=1S/C17H17N5O3/c1-3-25-16(24)9-15(23)20-14-8-13(21-22-14)17-10(2)18-11-6-4-5-7-12(11)19-17/h4-8H,3,9H2,1-2H3,(H2,20,21,22,23). The minimum atomic E-state index is -0.573. The van der Waals surface area contributed by atoms with Gasteiger partial charge >= 0.3 is 5.97 Å². The van der Waals surface area contributed by atoms with Crippen molar-refractivity contribution < 1.29 is 14.3 Å². The van der Waals surface area contributed by atoms with Crippen LogP contribution in [0.4, 0.5) is 5.82 Å². The number of benzene rings is 1. The monoisotopic (exact) mass is 339 g/mol. The van der Waals surface area contributed by atoms with Gasteiger partial charge in [-0.1, -0.05) is 12.1 Å². The predicted octanol–water partition coefficient (Wildman–Crippen LogP) is 2.22. The minimum Gasteiger partial charge on any atom is -0.466 e. The number of rotatable bonds is 5. The topological polar surface area (TPSA) is 110 Å². The van der Waals surface area contributed by atoms with E-state index in [1.54, 1.807) is 13.0 Å². The lowest BCUT2D eigenvalue weighted by Gasteiger charge is -2.03. The van der Waals surface area contributed by atoms with Gasteiger partial charge in [-0.2, -0.15) is 5.10 Å². The van der Waals surface area contributed by atoms with Gasteiger partial charge in [-0.25, -0.2) is 9.97 Å². The SMILES string of the molecule is CCOC(=O)CC(=O)Nc1cc(-c2nc3ccccc3nc2C)n[nH]1. The van der Waals surface area contributed by atoms with Crippen LogP contribution in [-0.4, -0.2) is 38.6 Å². The molecule has 25 heavy (non-hydrogen) atoms. The fraction of sp³-hybridized carbons (Fsp3) is 0.235. The molecule has 0 fully saturated rings. The zero-order valence-corrected chi connectivity index (χ0v) is 13.9. The number of hydrogen-bond donors (Lipinski definition) is 2. The van der Waals surface area contributed by atoms with Gasteiger partial charge in [-0.05, 0) is 26.0 Å². The van der Waals surface area contributed by atoms with E-state index in [1.807, 2.05) is 31.2 Å². The largest absolute Gasteiger partial charge is 0.466 e. The van der Waals surface area contributed by atoms with Crippen LogP contribution in [0.2, 0.25) is 0 Å². The summed E-state index contributed by atoms with van der Waals surface area (Å²) in [4.78, 5) is 32.2. The first-order valence-corrected chi connectivity index (χ1v) is 7.81. The Balaban J connectivity index is 1.78. The molecule has 0 atom stereocenters. The van der Waals surface area contributed by atoms with Gasteiger partial charge in [-0.15, -0.1) is 0 Å². The van der Waals surface area contributed by atoms with Crippen LogP contribution in [0.5, 0.6) is 0 Å². The van der Waals surface area contributed by atoms with E-state index in [0.717, 1.165) is 16.7 Å². The highest BCUT2D eigenvalue weighted by Gasteiger charge is 2.14. The summed E-state index contributed by atoms with van der Waals surface area (Å²) < 4.78 is 4.74. The summed E-state index contributed by atoms with van der Waals surface area (Å²) in [5, 5.41) is 9.45. The molecular weight excluding hydrogens is 322 g/mol. The summed E-state index contributed by atoms with van der Waals surface area (Å²) >= 11 is 0. The third kappa shape index (κ3) is 3.79. The Labute approximate surface area is 143 Å². The molecule has 0 aliphatic rings. The lowest BCUT2D eigenvalue weighted by molar-refractivity contribution is -0.145. The molecule has 1 amide bonds. The lowest BCUT2D eigenvalue weighted by atomic mass is 10.2. The Hall–Kier alpha value is -3.29. The van der Waals surface area contributed by atoms with E-state index in [1.165, 1.54) is 0 Å². The van der Waals surface area contributed by atoms with E-state index in [-0.39, 0.29) is 13.0 Å². The summed E-state index contributed by atoms with van der Waals surface area (Å²) in [5.74, 6) is -0.676. The molecule has 0 saturated heterocycles. The van der Waals surface area contributed by atoms with Crippen molar-refractivity contribution in [2.45, 2.75) is 20.3 Å². The molecule has 0 aliphatic heterocycles. The predicted molar refractivity (Wildman–Crippen MR) is 91.7 cm³/mol. The van der Waals surface area contributed by atoms with Crippen molar-refractivity contribution in [3.05, 3.63) is 36.0 Å². The van der Waals surface area contributed by atoms with Gasteiger partial charge in [0.05, 0.1) is 23.3 Å². The number of aromatic amines is 1. The Morgan fingerprint density at radius 3 is 2.64 bits per heavy atom. The Morgan fingerprint density at radius 1 is 1.20 bits per heavy atom. The molecule has 2 heterocycles. The number of carbonyl (C=O) groups is 2. The minimum absolute atomic E-state index is 0.236. The van der Waals surface area contributed by atoms with Gasteiger partial charge in [0, 0.05) is 6.07 Å². The molecule has 2 N–H and O–H groups in total. The maximum absolute atomic E-state index is 11.8. The number of esters is 1. The van der Waals surface area contributed by atoms with E-state index in [4.69, 9.17) is 4.74 Å². The highest BCUT2D eigenvalue weighted by Crippen LogP contribution is 2.23. The van der Waals surface area contributed by atoms with E-state index < -0.39 is 11.9 Å². The van der Waals surface area contributed by atoms with Crippen LogP contribution in [-0.2, 0) is 14.3 Å². The second-order valence-corrected chi connectivity index (χ2v) is 5.34. The molecule has 128 valence electrons. The lowest BCUT2D eigenvalue weighted by Crippen LogP contribution is -2.18. The van der Waals surface area contributed by atoms with Crippen LogP contribution < -0.4 is 5.32 Å². The Kier molecular flexibility index (Phi) is 4.69. The van der Waals surface area contributed by atoms with Crippen LogP contribution in [0.15, 0.2) is 30.3 Å². The third-order valence-corrected chi connectivity index (χ3v) is 3.45. The van der Waals surface area contributed by atoms with Crippen molar-refractivity contribution >= 4 is 28.7 Å². The molecule has 3 rings (SSSR count). The molecule has 0 spiro atoms. The number of fused-ring (bicyclic) bond motifs is 1. The van der Waals surface area contributed by atoms with Crippen molar-refractivity contribution in [1.82, 2.24) is 20.2 Å². The number of para-hydroxylation sites is 2. The number of nitrogens with one attached hydrogen (secondary N) is 2. The number of hydrogen-bond acceptors (Lipinski definition) is 6. The normalized spacial score (nSPS) is 10.6. The first-order chi connectivity index (χ1) is 12.1. The van der Waals surface area contributed by atoms with Gasteiger partial charge in [0.15, 0.2) is 0 Å². The maximum Gasteiger partial charge on any atom is 0.315 e. The maximum atomic E-state index is 11.8. The number of nitrogens with zero attached hydrogens (tertiary/aromatic N) is 3. The number of amides is 1. The zero-order chi connectivity index (χ0) is 17.8. The van der Waals surface area contributed by atoms with Crippen molar-refractivity contribution in [1.29, 1.82) is 0 Å². The van der Waals surface area contributed by atoms with E-state index >= 15 is 0 Å². The fourth-order valence-electron chi connectivity index (χ4n) is 2.38. The number of aromatic nitrogens is 4. The molecule has 0 radical (unpaired) electrons. The number of anilines is 1. The second kappa shape index (κ2) is 7.08. The number of H-pyrrole nitrogens is 1. The molecule has 0 saturated carbocycles. The van der Waals surface area contributed by atoms with Gasteiger partial charge in [0.25, 0.3) is 0 Å². The smallest absolute Gasteiger partial charge is 0.315 e. The molecule has 8 heteroatoms. The molecule has 8 nitrogen and oxygen atoms in total. The van der Waals surface area contributed by atoms with Gasteiger partial charge in [0.1, 0.15) is 23.6 Å². The first kappa shape index (κ1) is 16.6. The van der Waals surface area contributed by atoms with Crippen molar-refractivity contribution in [2.24, 2.45) is 0 Å². The Bertz CT molecular complexity index is 935. The van der Waals surface area contributed by atoms with Gasteiger partial charge in [-0.3, -0.25) is 14.7 Å². The number of aryl methyl sites for hydroxylation is 1. The van der Waals surface area contributed by atoms with Gasteiger partial charge < -0.3 is 10.1 Å². The van der Waals surface area contributed by atoms with Crippen LogP contribution in [0, 0.1) is 6.92 Å². The molecule has 0 aliphatic carbocycles. The zero-order valence-electron chi connectivity index (χ0n) is 13.9. The van der Waals surface area contributed by atoms with Crippen molar-refractivity contribution in [3.8, 4) is 11.4 Å². The van der Waals surface area contributed by atoms with E-state index in [9.17, 15) is 9.59 Å². The van der Waals surface area contributed by atoms with E-state index in [2.05, 4.69) is 25.5 Å². The molecule has 0 bridgehead atoms. The van der Waals surface area contributed by atoms with E-state index in [0.29, 0.717) is 17.2 Å². The molecule has 3 aromatic rings. The quantitative estimate of drug-likeness (QED) is 0.545. The summed E-state index contributed by atoms with van der Waals surface area (Å²) in [5.41, 5.74) is 3.49. The molecule has 0 unspecified atom stereocenters. The number of carbonyl (C=O) groups excluding carboxylic acids is 2. The van der Waals surface area contributed by atoms with Crippen LogP contribution >= 0.6 is 0 Å². The summed E-state index contributed by atoms with van der Waals surface area (Å²) in [7, 11) is 0. The average Bonchev–Trinajstić information content (AvgIpc) is 3.02. The van der Waals surface area contributed by atoms with Crippen LogP contribution in [0.25, 0.3) is 22.4 Å². The molecule has 2 aromatic heterocycles. The molecular formula is C17H17N5O3. The summed E-state index contributed by atoms with van der Waals surface area (Å²) in [6, 6.07) is 9.21. The van der Waals surface area contributed by atoms with Crippen LogP contribution in [0.3, 0.4) is 0 Å². The van der Waals surface area contributed by atoms with Crippen LogP contribution in [0.1, 0.15) is 19.0 Å². The summed E-state index contributed by atoms with van der Waals surface area (Å²) in [6.07, 6.45) is -0.350. The highest BCUT2D eigenvalue weighted by molar-refractivity contribution is 6.01. The summed E-state index contributed by atoms with van der Waals surface area (Å²) in [6.45, 7) is 3.77. The number of ether oxygens (including phenoxy) is 1. The molecule has 1 aromatic carbocycles. The fourth-order valence-corrected chi connectivity index (χ4v) is 2.38. The third-order valence-electron chi connectivity index (χ3n) is 3.45. The highest BCUT2D eigenvalue weighted by atomic mass is 16.5. The Morgan fingerprint density at radius 2 is 1.92 bits per heavy atom. The second-order valence-electron chi connectivity index (χ2n) is 5.34. The average molecular weight is 339 g/mol. The van der Waals surface area contributed by atoms with Gasteiger partial charge in [0.2, 0.25) is 5.91 Å². The van der Waals surface area contributed by atoms with Crippen molar-refractivity contribution in [3.63, 3.8) is 0 Å². The first-order valence-electron chi connectivity index (χ1n) is 7.81.